The first kappa shape index (κ1) is 27.8. The third-order valence-corrected chi connectivity index (χ3v) is 6.36. The van der Waals surface area contributed by atoms with Gasteiger partial charge in [0.2, 0.25) is 0 Å². The SMILES string of the molecule is COc1cc(-c2cnc(C)c([C@H](OC(C)(C)C)C(=O)OC(C)C)c2N2CCC(C)(C)CC2)cnc1F. The maximum Gasteiger partial charge on any atom is 0.340 e. The second-order valence-corrected chi connectivity index (χ2v) is 11.5. The molecule has 1 aliphatic heterocycles. The standard InChI is InChI=1S/C28H40FN3O4/c1-17(2)35-26(33)24(36-27(4,5)6)22-18(3)30-16-20(19-14-21(34-9)25(29)31-15-19)23(22)32-12-10-28(7,8)11-13-32/h14-17,24H,10-13H2,1-9H3/t24-/m0/s1. The summed E-state index contributed by atoms with van der Waals surface area (Å²) < 4.78 is 31.4. The second kappa shape index (κ2) is 10.7. The number of rotatable bonds is 7. The minimum atomic E-state index is -0.986. The Labute approximate surface area is 214 Å². The van der Waals surface area contributed by atoms with E-state index < -0.39 is 23.6 Å². The highest BCUT2D eigenvalue weighted by Gasteiger charge is 2.37. The zero-order valence-corrected chi connectivity index (χ0v) is 23.1. The Bertz CT molecular complexity index is 1080. The Kier molecular flexibility index (Phi) is 8.28. The fraction of sp³-hybridized carbons (Fsp3) is 0.607. The quantitative estimate of drug-likeness (QED) is 0.338. The van der Waals surface area contributed by atoms with Crippen molar-refractivity contribution in [1.29, 1.82) is 0 Å². The summed E-state index contributed by atoms with van der Waals surface area (Å²) in [6.07, 6.45) is 3.91. The van der Waals surface area contributed by atoms with Crippen LogP contribution in [-0.4, -0.2) is 47.8 Å². The number of methoxy groups -OCH3 is 1. The third-order valence-electron chi connectivity index (χ3n) is 6.36. The van der Waals surface area contributed by atoms with Crippen LogP contribution in [0.15, 0.2) is 18.5 Å². The molecule has 8 heteroatoms. The highest BCUT2D eigenvalue weighted by atomic mass is 19.1. The van der Waals surface area contributed by atoms with Crippen molar-refractivity contribution >= 4 is 11.7 Å². The van der Waals surface area contributed by atoms with Gasteiger partial charge in [-0.15, -0.1) is 0 Å². The normalized spacial score (nSPS) is 16.7. The Hall–Kier alpha value is -2.74. The molecule has 0 radical (unpaired) electrons. The summed E-state index contributed by atoms with van der Waals surface area (Å²) in [5, 5.41) is 0. The number of hydrogen-bond donors (Lipinski definition) is 0. The Morgan fingerprint density at radius 1 is 1.14 bits per heavy atom. The monoisotopic (exact) mass is 501 g/mol. The van der Waals surface area contributed by atoms with Crippen LogP contribution in [0.3, 0.4) is 0 Å². The van der Waals surface area contributed by atoms with Crippen LogP contribution >= 0.6 is 0 Å². The molecule has 1 saturated heterocycles. The van der Waals surface area contributed by atoms with E-state index in [9.17, 15) is 9.18 Å². The molecule has 2 aromatic heterocycles. The predicted octanol–water partition coefficient (Wildman–Crippen LogP) is 6.03. The number of piperidine rings is 1. The van der Waals surface area contributed by atoms with E-state index in [4.69, 9.17) is 14.2 Å². The number of aromatic nitrogens is 2. The number of pyridine rings is 2. The van der Waals surface area contributed by atoms with Crippen LogP contribution in [0, 0.1) is 18.3 Å². The van der Waals surface area contributed by atoms with Crippen LogP contribution in [0.5, 0.6) is 5.75 Å². The topological polar surface area (TPSA) is 73.8 Å². The minimum absolute atomic E-state index is 0.0436. The van der Waals surface area contributed by atoms with Gasteiger partial charge in [-0.3, -0.25) is 4.98 Å². The molecule has 1 fully saturated rings. The number of nitrogens with zero attached hydrogens (tertiary/aromatic N) is 3. The lowest BCUT2D eigenvalue weighted by molar-refractivity contribution is -0.171. The lowest BCUT2D eigenvalue weighted by atomic mass is 9.82. The zero-order chi connectivity index (χ0) is 26.8. The van der Waals surface area contributed by atoms with Gasteiger partial charge in [-0.25, -0.2) is 9.78 Å². The van der Waals surface area contributed by atoms with E-state index in [2.05, 4.69) is 28.7 Å². The van der Waals surface area contributed by atoms with E-state index in [1.165, 1.54) is 13.3 Å². The van der Waals surface area contributed by atoms with Gasteiger partial charge < -0.3 is 19.1 Å². The molecular weight excluding hydrogens is 461 g/mol. The second-order valence-electron chi connectivity index (χ2n) is 11.5. The molecule has 0 bridgehead atoms. The average Bonchev–Trinajstić information content (AvgIpc) is 2.77. The van der Waals surface area contributed by atoms with Gasteiger partial charge in [0.05, 0.1) is 24.5 Å². The summed E-state index contributed by atoms with van der Waals surface area (Å²) in [4.78, 5) is 24.3. The van der Waals surface area contributed by atoms with E-state index in [1.807, 2.05) is 41.5 Å². The molecule has 0 spiro atoms. The highest BCUT2D eigenvalue weighted by Crippen LogP contribution is 2.44. The van der Waals surface area contributed by atoms with E-state index in [1.54, 1.807) is 12.3 Å². The molecule has 0 unspecified atom stereocenters. The fourth-order valence-electron chi connectivity index (χ4n) is 4.40. The van der Waals surface area contributed by atoms with Crippen molar-refractivity contribution in [2.24, 2.45) is 5.41 Å². The Balaban J connectivity index is 2.28. The van der Waals surface area contributed by atoms with Gasteiger partial charge >= 0.3 is 5.97 Å². The van der Waals surface area contributed by atoms with Crippen LogP contribution in [-0.2, 0) is 14.3 Å². The number of halogens is 1. The Morgan fingerprint density at radius 2 is 1.78 bits per heavy atom. The number of aryl methyl sites for hydroxylation is 1. The maximum atomic E-state index is 14.2. The summed E-state index contributed by atoms with van der Waals surface area (Å²) >= 11 is 0. The van der Waals surface area contributed by atoms with Crippen LogP contribution in [0.25, 0.3) is 11.1 Å². The van der Waals surface area contributed by atoms with Gasteiger partial charge in [0.25, 0.3) is 5.95 Å². The molecule has 2 aromatic rings. The smallest absolute Gasteiger partial charge is 0.340 e. The number of esters is 1. The number of carbonyl (C=O) groups excluding carboxylic acids is 1. The van der Waals surface area contributed by atoms with Crippen LogP contribution in [0.4, 0.5) is 10.1 Å². The molecule has 3 rings (SSSR count). The van der Waals surface area contributed by atoms with Crippen molar-refractivity contribution in [2.45, 2.75) is 86.0 Å². The van der Waals surface area contributed by atoms with Gasteiger partial charge in [0.15, 0.2) is 11.9 Å². The van der Waals surface area contributed by atoms with E-state index >= 15 is 0 Å². The molecule has 0 N–H and O–H groups in total. The minimum Gasteiger partial charge on any atom is -0.492 e. The van der Waals surface area contributed by atoms with Gasteiger partial charge in [-0.1, -0.05) is 13.8 Å². The lowest BCUT2D eigenvalue weighted by Crippen LogP contribution is -2.39. The molecule has 0 amide bonds. The number of carbonyl (C=O) groups is 1. The summed E-state index contributed by atoms with van der Waals surface area (Å²) in [6, 6.07) is 1.61. The first-order valence-electron chi connectivity index (χ1n) is 12.5. The molecule has 3 heterocycles. The molecule has 0 aliphatic carbocycles. The number of ether oxygens (including phenoxy) is 3. The summed E-state index contributed by atoms with van der Waals surface area (Å²) in [5.74, 6) is -1.10. The van der Waals surface area contributed by atoms with E-state index in [-0.39, 0.29) is 17.3 Å². The largest absolute Gasteiger partial charge is 0.492 e. The summed E-state index contributed by atoms with van der Waals surface area (Å²) in [7, 11) is 1.41. The van der Waals surface area contributed by atoms with Gasteiger partial charge in [0.1, 0.15) is 0 Å². The van der Waals surface area contributed by atoms with Crippen LogP contribution < -0.4 is 9.64 Å². The number of anilines is 1. The van der Waals surface area contributed by atoms with Gasteiger partial charge in [0, 0.05) is 47.9 Å². The van der Waals surface area contributed by atoms with Crippen molar-refractivity contribution in [1.82, 2.24) is 9.97 Å². The van der Waals surface area contributed by atoms with E-state index in [0.29, 0.717) is 16.8 Å². The predicted molar refractivity (Wildman–Crippen MR) is 139 cm³/mol. The maximum absolute atomic E-state index is 14.2. The third kappa shape index (κ3) is 6.52. The molecule has 198 valence electrons. The van der Waals surface area contributed by atoms with E-state index in [0.717, 1.165) is 37.2 Å². The zero-order valence-electron chi connectivity index (χ0n) is 23.1. The molecule has 1 aliphatic rings. The molecule has 7 nitrogen and oxygen atoms in total. The molecule has 36 heavy (non-hydrogen) atoms. The number of hydrogen-bond acceptors (Lipinski definition) is 7. The lowest BCUT2D eigenvalue weighted by Gasteiger charge is -2.41. The van der Waals surface area contributed by atoms with Crippen molar-refractivity contribution in [3.05, 3.63) is 35.7 Å². The van der Waals surface area contributed by atoms with Crippen molar-refractivity contribution < 1.29 is 23.4 Å². The highest BCUT2D eigenvalue weighted by molar-refractivity contribution is 5.87. The molecule has 1 atom stereocenters. The van der Waals surface area contributed by atoms with Crippen LogP contribution in [0.1, 0.15) is 78.7 Å². The first-order valence-corrected chi connectivity index (χ1v) is 12.5. The van der Waals surface area contributed by atoms with Crippen molar-refractivity contribution in [3.63, 3.8) is 0 Å². The summed E-state index contributed by atoms with van der Waals surface area (Å²) in [5.41, 5.74) is 3.16. The van der Waals surface area contributed by atoms with Crippen LogP contribution in [0.2, 0.25) is 0 Å². The van der Waals surface area contributed by atoms with Crippen molar-refractivity contribution in [2.75, 3.05) is 25.1 Å². The fourth-order valence-corrected chi connectivity index (χ4v) is 4.40. The molecular formula is C28H40FN3O4. The van der Waals surface area contributed by atoms with Gasteiger partial charge in [-0.2, -0.15) is 4.39 Å². The van der Waals surface area contributed by atoms with Crippen molar-refractivity contribution in [3.8, 4) is 16.9 Å². The molecule has 0 aromatic carbocycles. The molecule has 0 saturated carbocycles. The Morgan fingerprint density at radius 3 is 2.33 bits per heavy atom. The first-order chi connectivity index (χ1) is 16.7. The average molecular weight is 502 g/mol. The van der Waals surface area contributed by atoms with Gasteiger partial charge in [-0.05, 0) is 65.9 Å². The summed E-state index contributed by atoms with van der Waals surface area (Å²) in [6.45, 7) is 17.4.